The van der Waals surface area contributed by atoms with Crippen LogP contribution < -0.4 is 10.6 Å². The number of nitrogens with zero attached hydrogens (tertiary/aromatic N) is 2. The number of ether oxygens (including phenoxy) is 1. The molecule has 2 fully saturated rings. The molecule has 5 heteroatoms. The number of guanidine groups is 1. The highest BCUT2D eigenvalue weighted by Crippen LogP contribution is 2.41. The van der Waals surface area contributed by atoms with E-state index in [0.29, 0.717) is 11.5 Å². The normalized spacial score (nSPS) is 23.7. The molecule has 0 spiro atoms. The maximum Gasteiger partial charge on any atom is 0.191 e. The van der Waals surface area contributed by atoms with Gasteiger partial charge in [0.2, 0.25) is 0 Å². The lowest BCUT2D eigenvalue weighted by Crippen LogP contribution is -2.46. The highest BCUT2D eigenvalue weighted by molar-refractivity contribution is 5.79. The highest BCUT2D eigenvalue weighted by Gasteiger charge is 2.33. The van der Waals surface area contributed by atoms with Gasteiger partial charge in [0.15, 0.2) is 5.96 Å². The molecule has 0 aromatic carbocycles. The molecular weight excluding hydrogens is 336 g/mol. The molecule has 1 saturated heterocycles. The molecule has 1 atom stereocenters. The summed E-state index contributed by atoms with van der Waals surface area (Å²) >= 11 is 0. The maximum absolute atomic E-state index is 5.65. The Hall–Kier alpha value is -0.810. The van der Waals surface area contributed by atoms with Crippen molar-refractivity contribution in [2.45, 2.75) is 78.7 Å². The minimum Gasteiger partial charge on any atom is -0.382 e. The summed E-state index contributed by atoms with van der Waals surface area (Å²) in [7, 11) is 0. The Morgan fingerprint density at radius 3 is 2.63 bits per heavy atom. The second kappa shape index (κ2) is 11.9. The third-order valence-corrected chi connectivity index (χ3v) is 6.40. The van der Waals surface area contributed by atoms with Gasteiger partial charge in [-0.3, -0.25) is 4.99 Å². The van der Waals surface area contributed by atoms with Crippen molar-refractivity contribution in [1.82, 2.24) is 15.5 Å². The molecule has 2 aliphatic rings. The van der Waals surface area contributed by atoms with Gasteiger partial charge in [0.05, 0.1) is 0 Å². The fraction of sp³-hybridized carbons (Fsp3) is 0.955. The Morgan fingerprint density at radius 1 is 1.19 bits per heavy atom. The SMILES string of the molecule is CCNC(=NCC1(CCOCC)CCCC1)NCC1CCCN(C(C)C)C1. The van der Waals surface area contributed by atoms with Crippen LogP contribution in [0.1, 0.15) is 72.6 Å². The fourth-order valence-electron chi connectivity index (χ4n) is 4.61. The third kappa shape index (κ3) is 7.61. The molecule has 5 nitrogen and oxygen atoms in total. The molecule has 27 heavy (non-hydrogen) atoms. The molecule has 1 saturated carbocycles. The first-order valence-electron chi connectivity index (χ1n) is 11.4. The van der Waals surface area contributed by atoms with Gasteiger partial charge in [-0.05, 0) is 77.7 Å². The molecule has 0 bridgehead atoms. The van der Waals surface area contributed by atoms with Crippen LogP contribution in [0.4, 0.5) is 0 Å². The Balaban J connectivity index is 1.87. The van der Waals surface area contributed by atoms with Gasteiger partial charge in [-0.2, -0.15) is 0 Å². The summed E-state index contributed by atoms with van der Waals surface area (Å²) in [5, 5.41) is 7.10. The zero-order chi connectivity index (χ0) is 19.5. The van der Waals surface area contributed by atoms with Crippen LogP contribution in [0.2, 0.25) is 0 Å². The Morgan fingerprint density at radius 2 is 1.96 bits per heavy atom. The number of piperidine rings is 1. The van der Waals surface area contributed by atoms with Crippen molar-refractivity contribution in [3.63, 3.8) is 0 Å². The van der Waals surface area contributed by atoms with Gasteiger partial charge in [0.1, 0.15) is 0 Å². The first-order valence-corrected chi connectivity index (χ1v) is 11.4. The van der Waals surface area contributed by atoms with Gasteiger partial charge in [0, 0.05) is 45.4 Å². The van der Waals surface area contributed by atoms with E-state index < -0.39 is 0 Å². The van der Waals surface area contributed by atoms with E-state index in [9.17, 15) is 0 Å². The Kier molecular flexibility index (Phi) is 9.91. The third-order valence-electron chi connectivity index (χ3n) is 6.40. The summed E-state index contributed by atoms with van der Waals surface area (Å²) in [4.78, 5) is 7.62. The summed E-state index contributed by atoms with van der Waals surface area (Å²) in [6, 6.07) is 0.655. The standard InChI is InChI=1S/C22H44N4O/c1-5-23-21(24-16-20-10-9-14-26(17-20)19(3)4)25-18-22(11-7-8-12-22)13-15-27-6-2/h19-20H,5-18H2,1-4H3,(H2,23,24,25). The van der Waals surface area contributed by atoms with Crippen LogP contribution >= 0.6 is 0 Å². The molecule has 0 aromatic heterocycles. The van der Waals surface area contributed by atoms with Crippen molar-refractivity contribution in [3.8, 4) is 0 Å². The molecule has 2 rings (SSSR count). The number of likely N-dealkylation sites (tertiary alicyclic amines) is 1. The molecular formula is C22H44N4O. The zero-order valence-corrected chi connectivity index (χ0v) is 18.4. The van der Waals surface area contributed by atoms with Crippen LogP contribution in [-0.4, -0.2) is 62.8 Å². The summed E-state index contributed by atoms with van der Waals surface area (Å²) in [6.45, 7) is 15.9. The fourth-order valence-corrected chi connectivity index (χ4v) is 4.61. The van der Waals surface area contributed by atoms with E-state index in [0.717, 1.165) is 51.1 Å². The van der Waals surface area contributed by atoms with Crippen molar-refractivity contribution < 1.29 is 4.74 Å². The maximum atomic E-state index is 5.65. The van der Waals surface area contributed by atoms with E-state index in [4.69, 9.17) is 9.73 Å². The van der Waals surface area contributed by atoms with Crippen molar-refractivity contribution in [1.29, 1.82) is 0 Å². The van der Waals surface area contributed by atoms with Gasteiger partial charge in [-0.15, -0.1) is 0 Å². The summed E-state index contributed by atoms with van der Waals surface area (Å²) in [5.74, 6) is 1.73. The lowest BCUT2D eigenvalue weighted by atomic mass is 9.83. The van der Waals surface area contributed by atoms with Crippen LogP contribution in [0, 0.1) is 11.3 Å². The number of rotatable bonds is 10. The summed E-state index contributed by atoms with van der Waals surface area (Å²) < 4.78 is 5.65. The van der Waals surface area contributed by atoms with Crippen LogP contribution in [0.25, 0.3) is 0 Å². The van der Waals surface area contributed by atoms with Crippen molar-refractivity contribution in [2.75, 3.05) is 45.9 Å². The highest BCUT2D eigenvalue weighted by atomic mass is 16.5. The lowest BCUT2D eigenvalue weighted by Gasteiger charge is -2.35. The number of aliphatic imine (C=N–C) groups is 1. The second-order valence-electron chi connectivity index (χ2n) is 8.83. The van der Waals surface area contributed by atoms with E-state index in [1.54, 1.807) is 0 Å². The van der Waals surface area contributed by atoms with Crippen LogP contribution in [-0.2, 0) is 4.74 Å². The smallest absolute Gasteiger partial charge is 0.191 e. The summed E-state index contributed by atoms with van der Waals surface area (Å²) in [5.41, 5.74) is 0.358. The predicted molar refractivity (Wildman–Crippen MR) is 115 cm³/mol. The van der Waals surface area contributed by atoms with Crippen molar-refractivity contribution >= 4 is 5.96 Å². The largest absolute Gasteiger partial charge is 0.382 e. The molecule has 158 valence electrons. The molecule has 1 aliphatic carbocycles. The Labute approximate surface area is 167 Å². The zero-order valence-electron chi connectivity index (χ0n) is 18.4. The second-order valence-corrected chi connectivity index (χ2v) is 8.83. The van der Waals surface area contributed by atoms with Gasteiger partial charge in [-0.1, -0.05) is 12.8 Å². The van der Waals surface area contributed by atoms with Gasteiger partial charge < -0.3 is 20.3 Å². The molecule has 1 heterocycles. The minimum absolute atomic E-state index is 0.358. The molecule has 2 N–H and O–H groups in total. The average molecular weight is 381 g/mol. The van der Waals surface area contributed by atoms with Gasteiger partial charge >= 0.3 is 0 Å². The van der Waals surface area contributed by atoms with Crippen molar-refractivity contribution in [2.24, 2.45) is 16.3 Å². The van der Waals surface area contributed by atoms with Gasteiger partial charge in [0.25, 0.3) is 0 Å². The average Bonchev–Trinajstić information content (AvgIpc) is 3.13. The minimum atomic E-state index is 0.358. The van der Waals surface area contributed by atoms with E-state index in [1.807, 2.05) is 0 Å². The monoisotopic (exact) mass is 380 g/mol. The first-order chi connectivity index (χ1) is 13.1. The number of hydrogen-bond donors (Lipinski definition) is 2. The predicted octanol–water partition coefficient (Wildman–Crippen LogP) is 3.65. The first kappa shape index (κ1) is 22.5. The van der Waals surface area contributed by atoms with Gasteiger partial charge in [-0.25, -0.2) is 0 Å². The topological polar surface area (TPSA) is 48.9 Å². The molecule has 0 aromatic rings. The van der Waals surface area contributed by atoms with Crippen molar-refractivity contribution in [3.05, 3.63) is 0 Å². The van der Waals surface area contributed by atoms with Crippen LogP contribution in [0.5, 0.6) is 0 Å². The number of nitrogens with one attached hydrogen (secondary N) is 2. The number of hydrogen-bond acceptors (Lipinski definition) is 3. The molecule has 1 aliphatic heterocycles. The van der Waals surface area contributed by atoms with E-state index in [2.05, 4.69) is 43.2 Å². The van der Waals surface area contributed by atoms with Crippen LogP contribution in [0.3, 0.4) is 0 Å². The summed E-state index contributed by atoms with van der Waals surface area (Å²) in [6.07, 6.45) is 9.09. The quantitative estimate of drug-likeness (QED) is 0.345. The van der Waals surface area contributed by atoms with E-state index >= 15 is 0 Å². The lowest BCUT2D eigenvalue weighted by molar-refractivity contribution is 0.107. The van der Waals surface area contributed by atoms with Crippen LogP contribution in [0.15, 0.2) is 4.99 Å². The van der Waals surface area contributed by atoms with E-state index in [-0.39, 0.29) is 0 Å². The molecule has 0 radical (unpaired) electrons. The molecule has 1 unspecified atom stereocenters. The van der Waals surface area contributed by atoms with E-state index in [1.165, 1.54) is 51.6 Å². The molecule has 0 amide bonds. The Bertz CT molecular complexity index is 432.